The summed E-state index contributed by atoms with van der Waals surface area (Å²) in [5, 5.41) is 5.52. The number of benzene rings is 1. The van der Waals surface area contributed by atoms with Crippen molar-refractivity contribution in [2.75, 3.05) is 10.6 Å². The van der Waals surface area contributed by atoms with Gasteiger partial charge in [-0.05, 0) is 44.2 Å². The Morgan fingerprint density at radius 3 is 2.91 bits per heavy atom. The van der Waals surface area contributed by atoms with Gasteiger partial charge in [-0.1, -0.05) is 0 Å². The van der Waals surface area contributed by atoms with Crippen molar-refractivity contribution in [1.29, 1.82) is 0 Å². The first kappa shape index (κ1) is 14.1. The smallest absolute Gasteiger partial charge is 0.265 e. The van der Waals surface area contributed by atoms with Gasteiger partial charge in [0.25, 0.3) is 11.8 Å². The van der Waals surface area contributed by atoms with Crippen molar-refractivity contribution >= 4 is 23.2 Å². The third kappa shape index (κ3) is 2.76. The number of carbonyl (C=O) groups excluding carboxylic acids is 2. The van der Waals surface area contributed by atoms with Crippen molar-refractivity contribution in [3.8, 4) is 5.75 Å². The molecule has 0 fully saturated rings. The molecule has 1 aliphatic rings. The van der Waals surface area contributed by atoms with Gasteiger partial charge in [-0.15, -0.1) is 0 Å². The van der Waals surface area contributed by atoms with Crippen LogP contribution in [0.3, 0.4) is 0 Å². The highest BCUT2D eigenvalue weighted by atomic mass is 16.5. The van der Waals surface area contributed by atoms with E-state index < -0.39 is 6.10 Å². The zero-order valence-electron chi connectivity index (χ0n) is 12.2. The molecule has 6 nitrogen and oxygen atoms in total. The molecule has 1 atom stereocenters. The minimum Gasteiger partial charge on any atom is -0.479 e. The van der Waals surface area contributed by atoms with E-state index in [1.807, 2.05) is 6.92 Å². The highest BCUT2D eigenvalue weighted by Gasteiger charge is 2.24. The molecule has 22 heavy (non-hydrogen) atoms. The first-order valence-electron chi connectivity index (χ1n) is 6.88. The van der Waals surface area contributed by atoms with Crippen LogP contribution in [-0.4, -0.2) is 22.9 Å². The summed E-state index contributed by atoms with van der Waals surface area (Å²) in [4.78, 5) is 28.0. The number of nitrogens with zero attached hydrogens (tertiary/aromatic N) is 1. The molecule has 2 amide bonds. The second-order valence-electron chi connectivity index (χ2n) is 5.10. The Labute approximate surface area is 127 Å². The van der Waals surface area contributed by atoms with Gasteiger partial charge < -0.3 is 15.4 Å². The van der Waals surface area contributed by atoms with Crippen LogP contribution < -0.4 is 15.4 Å². The van der Waals surface area contributed by atoms with E-state index in [0.29, 0.717) is 22.7 Å². The summed E-state index contributed by atoms with van der Waals surface area (Å²) in [6.45, 7) is 3.52. The van der Waals surface area contributed by atoms with Crippen LogP contribution in [0.4, 0.5) is 11.4 Å². The molecule has 0 bridgehead atoms. The third-order valence-electron chi connectivity index (χ3n) is 3.33. The third-order valence-corrected chi connectivity index (χ3v) is 3.33. The Morgan fingerprint density at radius 1 is 1.32 bits per heavy atom. The van der Waals surface area contributed by atoms with E-state index in [9.17, 15) is 9.59 Å². The maximum absolute atomic E-state index is 12.3. The maximum atomic E-state index is 12.3. The molecule has 2 heterocycles. The summed E-state index contributed by atoms with van der Waals surface area (Å²) in [6.07, 6.45) is 1.10. The van der Waals surface area contributed by atoms with Gasteiger partial charge in [-0.25, -0.2) is 0 Å². The normalized spacial score (nSPS) is 16.3. The number of nitrogens with one attached hydrogen (secondary N) is 2. The number of pyridine rings is 1. The SMILES string of the molecule is Cc1cc(NC(=O)c2ccc3c(c2)NC(=O)C(C)O3)ccn1. The fourth-order valence-electron chi connectivity index (χ4n) is 2.18. The summed E-state index contributed by atoms with van der Waals surface area (Å²) in [5.41, 5.74) is 2.43. The number of hydrogen-bond acceptors (Lipinski definition) is 4. The van der Waals surface area contributed by atoms with Gasteiger partial charge in [0.05, 0.1) is 5.69 Å². The first-order valence-corrected chi connectivity index (χ1v) is 6.88. The number of amides is 2. The summed E-state index contributed by atoms with van der Waals surface area (Å²) in [5.74, 6) is 0.0690. The Bertz CT molecular complexity index is 758. The van der Waals surface area contributed by atoms with Gasteiger partial charge in [-0.3, -0.25) is 14.6 Å². The zero-order valence-corrected chi connectivity index (χ0v) is 12.2. The van der Waals surface area contributed by atoms with Crippen LogP contribution in [-0.2, 0) is 4.79 Å². The lowest BCUT2D eigenvalue weighted by Crippen LogP contribution is -2.34. The van der Waals surface area contributed by atoms with Crippen molar-refractivity contribution < 1.29 is 14.3 Å². The number of anilines is 2. The molecular weight excluding hydrogens is 282 g/mol. The van der Waals surface area contributed by atoms with E-state index in [-0.39, 0.29) is 11.8 Å². The number of hydrogen-bond donors (Lipinski definition) is 2. The average molecular weight is 297 g/mol. The second kappa shape index (κ2) is 5.48. The predicted molar refractivity (Wildman–Crippen MR) is 82.1 cm³/mol. The monoisotopic (exact) mass is 297 g/mol. The van der Waals surface area contributed by atoms with Gasteiger partial charge in [-0.2, -0.15) is 0 Å². The lowest BCUT2D eigenvalue weighted by molar-refractivity contribution is -0.122. The molecule has 2 aromatic rings. The molecule has 3 rings (SSSR count). The molecule has 0 spiro atoms. The number of fused-ring (bicyclic) bond motifs is 1. The van der Waals surface area contributed by atoms with Crippen LogP contribution in [0.2, 0.25) is 0 Å². The lowest BCUT2D eigenvalue weighted by atomic mass is 10.1. The van der Waals surface area contributed by atoms with Crippen molar-refractivity contribution in [2.45, 2.75) is 20.0 Å². The van der Waals surface area contributed by atoms with Crippen molar-refractivity contribution in [3.63, 3.8) is 0 Å². The summed E-state index contributed by atoms with van der Waals surface area (Å²) >= 11 is 0. The number of ether oxygens (including phenoxy) is 1. The fourth-order valence-corrected chi connectivity index (χ4v) is 2.18. The molecule has 1 aromatic carbocycles. The molecule has 2 N–H and O–H groups in total. The molecule has 1 aromatic heterocycles. The Kier molecular flexibility index (Phi) is 3.50. The van der Waals surface area contributed by atoms with Crippen LogP contribution in [0.15, 0.2) is 36.5 Å². The molecule has 0 radical (unpaired) electrons. The molecular formula is C16H15N3O3. The van der Waals surface area contributed by atoms with Crippen LogP contribution in [0, 0.1) is 6.92 Å². The van der Waals surface area contributed by atoms with Gasteiger partial charge in [0.2, 0.25) is 0 Å². The summed E-state index contributed by atoms with van der Waals surface area (Å²) in [6, 6.07) is 8.44. The van der Waals surface area contributed by atoms with E-state index >= 15 is 0 Å². The highest BCUT2D eigenvalue weighted by molar-refractivity contribution is 6.06. The number of carbonyl (C=O) groups is 2. The van der Waals surface area contributed by atoms with Crippen LogP contribution in [0.25, 0.3) is 0 Å². The van der Waals surface area contributed by atoms with Gasteiger partial charge in [0.15, 0.2) is 6.10 Å². The number of rotatable bonds is 2. The minimum atomic E-state index is -0.535. The molecule has 112 valence electrons. The second-order valence-corrected chi connectivity index (χ2v) is 5.10. The van der Waals surface area contributed by atoms with Crippen LogP contribution in [0.1, 0.15) is 23.0 Å². The van der Waals surface area contributed by atoms with E-state index in [1.165, 1.54) is 0 Å². The van der Waals surface area contributed by atoms with Crippen LogP contribution in [0.5, 0.6) is 5.75 Å². The lowest BCUT2D eigenvalue weighted by Gasteiger charge is -2.23. The van der Waals surface area contributed by atoms with E-state index in [2.05, 4.69) is 15.6 Å². The number of aromatic nitrogens is 1. The highest BCUT2D eigenvalue weighted by Crippen LogP contribution is 2.30. The Balaban J connectivity index is 1.82. The molecule has 0 aliphatic carbocycles. The van der Waals surface area contributed by atoms with Crippen molar-refractivity contribution in [3.05, 3.63) is 47.8 Å². The molecule has 6 heteroatoms. The van der Waals surface area contributed by atoms with Gasteiger partial charge in [0, 0.05) is 23.1 Å². The molecule has 0 saturated carbocycles. The Hall–Kier alpha value is -2.89. The van der Waals surface area contributed by atoms with E-state index in [0.717, 1.165) is 5.69 Å². The molecule has 1 aliphatic heterocycles. The predicted octanol–water partition coefficient (Wildman–Crippen LogP) is 2.36. The van der Waals surface area contributed by atoms with Crippen molar-refractivity contribution in [2.24, 2.45) is 0 Å². The minimum absolute atomic E-state index is 0.227. The zero-order chi connectivity index (χ0) is 15.7. The van der Waals surface area contributed by atoms with E-state index in [4.69, 9.17) is 4.74 Å². The topological polar surface area (TPSA) is 80.3 Å². The summed E-state index contributed by atoms with van der Waals surface area (Å²) in [7, 11) is 0. The van der Waals surface area contributed by atoms with Gasteiger partial charge >= 0.3 is 0 Å². The van der Waals surface area contributed by atoms with E-state index in [1.54, 1.807) is 43.5 Å². The fraction of sp³-hybridized carbons (Fsp3) is 0.188. The van der Waals surface area contributed by atoms with Crippen molar-refractivity contribution in [1.82, 2.24) is 4.98 Å². The largest absolute Gasteiger partial charge is 0.479 e. The molecule has 0 saturated heterocycles. The average Bonchev–Trinajstić information content (AvgIpc) is 2.48. The number of aryl methyl sites for hydroxylation is 1. The van der Waals surface area contributed by atoms with Gasteiger partial charge in [0.1, 0.15) is 5.75 Å². The van der Waals surface area contributed by atoms with Crippen LogP contribution >= 0.6 is 0 Å². The molecule has 1 unspecified atom stereocenters. The maximum Gasteiger partial charge on any atom is 0.265 e. The first-order chi connectivity index (χ1) is 10.5. The summed E-state index contributed by atoms with van der Waals surface area (Å²) < 4.78 is 5.46. The Morgan fingerprint density at radius 2 is 2.14 bits per heavy atom. The standard InChI is InChI=1S/C16H15N3O3/c1-9-7-12(5-6-17-9)18-16(21)11-3-4-14-13(8-11)19-15(20)10(2)22-14/h3-8,10H,1-2H3,(H,19,20)(H,17,18,21). The quantitative estimate of drug-likeness (QED) is 0.891.